The maximum atomic E-state index is 13.1. The summed E-state index contributed by atoms with van der Waals surface area (Å²) in [5.41, 5.74) is 5.97. The van der Waals surface area contributed by atoms with Gasteiger partial charge in [-0.05, 0) is 18.2 Å². The molecule has 0 spiro atoms. The molecule has 0 atom stereocenters. The molecule has 0 aromatic heterocycles. The highest BCUT2D eigenvalue weighted by atomic mass is 32.2. The molecule has 1 aliphatic heterocycles. The molecule has 1 fully saturated rings. The normalized spacial score (nSPS) is 15.1. The number of nitrogens with zero attached hydrogens (tertiary/aromatic N) is 1. The number of carbonyl (C=O) groups excluding carboxylic acids is 1. The van der Waals surface area contributed by atoms with Crippen molar-refractivity contribution in [3.63, 3.8) is 0 Å². The summed E-state index contributed by atoms with van der Waals surface area (Å²) >= 11 is 1.50. The number of hydrogen-bond acceptors (Lipinski definition) is 3. The second kappa shape index (κ2) is 5.27. The number of anilines is 1. The van der Waals surface area contributed by atoms with Crippen LogP contribution in [0.15, 0.2) is 23.1 Å². The van der Waals surface area contributed by atoms with E-state index in [9.17, 15) is 9.18 Å². The molecule has 0 unspecified atom stereocenters. The van der Waals surface area contributed by atoms with Crippen LogP contribution in [0.1, 0.15) is 0 Å². The zero-order valence-corrected chi connectivity index (χ0v) is 10.1. The Kier molecular flexibility index (Phi) is 3.73. The lowest BCUT2D eigenvalue weighted by molar-refractivity contribution is 0.220. The fourth-order valence-corrected chi connectivity index (χ4v) is 2.63. The summed E-state index contributed by atoms with van der Waals surface area (Å²) in [6, 6.07) is 4.45. The Labute approximate surface area is 103 Å². The van der Waals surface area contributed by atoms with Crippen molar-refractivity contribution in [1.82, 2.24) is 10.2 Å². The highest BCUT2D eigenvalue weighted by molar-refractivity contribution is 7.99. The van der Waals surface area contributed by atoms with Crippen molar-refractivity contribution < 1.29 is 9.18 Å². The summed E-state index contributed by atoms with van der Waals surface area (Å²) in [4.78, 5) is 13.8. The monoisotopic (exact) mass is 255 g/mol. The van der Waals surface area contributed by atoms with E-state index in [0.717, 1.165) is 17.2 Å². The minimum absolute atomic E-state index is 0.0237. The van der Waals surface area contributed by atoms with Crippen molar-refractivity contribution in [2.24, 2.45) is 0 Å². The van der Waals surface area contributed by atoms with Crippen LogP contribution < -0.4 is 11.1 Å². The van der Waals surface area contributed by atoms with Gasteiger partial charge in [-0.15, -0.1) is 11.8 Å². The Morgan fingerprint density at radius 1 is 1.47 bits per heavy atom. The zero-order chi connectivity index (χ0) is 12.3. The quantitative estimate of drug-likeness (QED) is 0.633. The predicted octanol–water partition coefficient (Wildman–Crippen LogP) is 1.53. The lowest BCUT2D eigenvalue weighted by Crippen LogP contribution is -2.30. The van der Waals surface area contributed by atoms with Gasteiger partial charge in [-0.2, -0.15) is 0 Å². The van der Waals surface area contributed by atoms with E-state index >= 15 is 0 Å². The first-order chi connectivity index (χ1) is 8.15. The summed E-state index contributed by atoms with van der Waals surface area (Å²) in [5, 5.41) is 2.73. The van der Waals surface area contributed by atoms with E-state index < -0.39 is 0 Å². The second-order valence-electron chi connectivity index (χ2n) is 3.79. The number of hydrogen-bond donors (Lipinski definition) is 2. The Morgan fingerprint density at radius 3 is 2.94 bits per heavy atom. The van der Waals surface area contributed by atoms with Crippen LogP contribution in [0.5, 0.6) is 0 Å². The van der Waals surface area contributed by atoms with E-state index in [-0.39, 0.29) is 11.8 Å². The number of halogens is 1. The van der Waals surface area contributed by atoms with Gasteiger partial charge in [-0.25, -0.2) is 9.18 Å². The minimum Gasteiger partial charge on any atom is -0.399 e. The molecule has 3 N–H and O–H groups in total. The number of rotatable bonds is 4. The van der Waals surface area contributed by atoms with Gasteiger partial charge in [0.2, 0.25) is 0 Å². The predicted molar refractivity (Wildman–Crippen MR) is 66.5 cm³/mol. The Morgan fingerprint density at radius 2 is 2.29 bits per heavy atom. The molecular formula is C11H14FN3OS. The van der Waals surface area contributed by atoms with E-state index in [1.165, 1.54) is 23.9 Å². The van der Waals surface area contributed by atoms with Gasteiger partial charge in [0.15, 0.2) is 0 Å². The van der Waals surface area contributed by atoms with Crippen molar-refractivity contribution in [2.45, 2.75) is 4.90 Å². The van der Waals surface area contributed by atoms with Crippen LogP contribution in [0.3, 0.4) is 0 Å². The maximum absolute atomic E-state index is 13.1. The number of nitrogen functional groups attached to an aromatic ring is 1. The molecule has 1 saturated heterocycles. The fourth-order valence-electron chi connectivity index (χ4n) is 1.67. The average Bonchev–Trinajstić information content (AvgIpc) is 2.63. The van der Waals surface area contributed by atoms with Crippen LogP contribution in [0, 0.1) is 5.82 Å². The third-order valence-electron chi connectivity index (χ3n) is 2.47. The minimum atomic E-state index is -0.327. The second-order valence-corrected chi connectivity index (χ2v) is 4.96. The van der Waals surface area contributed by atoms with E-state index in [0.29, 0.717) is 18.8 Å². The molecule has 92 valence electrons. The summed E-state index contributed by atoms with van der Waals surface area (Å²) in [6.07, 6.45) is 0. The van der Waals surface area contributed by atoms with Gasteiger partial charge >= 0.3 is 6.03 Å². The first-order valence-corrected chi connectivity index (χ1v) is 6.35. The Hall–Kier alpha value is -1.43. The molecule has 0 bridgehead atoms. The SMILES string of the molecule is Nc1cc(F)cc(SCCN2CCNC2=O)c1. The molecule has 2 amide bonds. The molecule has 17 heavy (non-hydrogen) atoms. The fraction of sp³-hybridized carbons (Fsp3) is 0.364. The standard InChI is InChI=1S/C11H14FN3OS/c12-8-5-9(13)7-10(6-8)17-4-3-15-2-1-14-11(15)16/h5-7H,1-4,13H2,(H,14,16). The van der Waals surface area contributed by atoms with Gasteiger partial charge < -0.3 is 16.0 Å². The van der Waals surface area contributed by atoms with Gasteiger partial charge in [0.1, 0.15) is 5.82 Å². The number of nitrogens with one attached hydrogen (secondary N) is 1. The Bertz CT molecular complexity index is 407. The first kappa shape index (κ1) is 12.0. The van der Waals surface area contributed by atoms with Crippen LogP contribution in [0.2, 0.25) is 0 Å². The lowest BCUT2D eigenvalue weighted by Gasteiger charge is -2.13. The molecule has 4 nitrogen and oxygen atoms in total. The number of urea groups is 1. The number of carbonyl (C=O) groups is 1. The molecular weight excluding hydrogens is 241 g/mol. The molecule has 1 aliphatic rings. The van der Waals surface area contributed by atoms with Gasteiger partial charge in [0.05, 0.1) is 0 Å². The highest BCUT2D eigenvalue weighted by Crippen LogP contribution is 2.22. The maximum Gasteiger partial charge on any atom is 0.317 e. The topological polar surface area (TPSA) is 58.4 Å². The molecule has 0 radical (unpaired) electrons. The number of thioether (sulfide) groups is 1. The van der Waals surface area contributed by atoms with E-state index in [4.69, 9.17) is 5.73 Å². The third-order valence-corrected chi connectivity index (χ3v) is 3.42. The lowest BCUT2D eigenvalue weighted by atomic mass is 10.3. The zero-order valence-electron chi connectivity index (χ0n) is 9.28. The van der Waals surface area contributed by atoms with Crippen molar-refractivity contribution in [1.29, 1.82) is 0 Å². The molecule has 1 aromatic carbocycles. The van der Waals surface area contributed by atoms with Gasteiger partial charge in [-0.3, -0.25) is 0 Å². The average molecular weight is 255 g/mol. The summed E-state index contributed by atoms with van der Waals surface area (Å²) in [6.45, 7) is 2.11. The number of benzene rings is 1. The van der Waals surface area contributed by atoms with Crippen molar-refractivity contribution in [2.75, 3.05) is 31.1 Å². The van der Waals surface area contributed by atoms with Crippen LogP contribution >= 0.6 is 11.8 Å². The van der Waals surface area contributed by atoms with Gasteiger partial charge in [0, 0.05) is 36.0 Å². The van der Waals surface area contributed by atoms with Crippen LogP contribution in [-0.4, -0.2) is 36.3 Å². The molecule has 0 saturated carbocycles. The number of nitrogens with two attached hydrogens (primary N) is 1. The van der Waals surface area contributed by atoms with Crippen molar-refractivity contribution >= 4 is 23.5 Å². The smallest absolute Gasteiger partial charge is 0.317 e. The summed E-state index contributed by atoms with van der Waals surface area (Å²) in [5.74, 6) is 0.405. The van der Waals surface area contributed by atoms with E-state index in [2.05, 4.69) is 5.32 Å². The van der Waals surface area contributed by atoms with Gasteiger partial charge in [0.25, 0.3) is 0 Å². The highest BCUT2D eigenvalue weighted by Gasteiger charge is 2.18. The molecule has 1 heterocycles. The molecule has 0 aliphatic carbocycles. The van der Waals surface area contributed by atoms with Crippen LogP contribution in [-0.2, 0) is 0 Å². The van der Waals surface area contributed by atoms with Crippen LogP contribution in [0.25, 0.3) is 0 Å². The van der Waals surface area contributed by atoms with Crippen molar-refractivity contribution in [3.8, 4) is 0 Å². The Balaban J connectivity index is 1.83. The first-order valence-electron chi connectivity index (χ1n) is 5.37. The van der Waals surface area contributed by atoms with Crippen molar-refractivity contribution in [3.05, 3.63) is 24.0 Å². The van der Waals surface area contributed by atoms with E-state index in [1.807, 2.05) is 0 Å². The summed E-state index contributed by atoms with van der Waals surface area (Å²) in [7, 11) is 0. The number of amides is 2. The summed E-state index contributed by atoms with van der Waals surface area (Å²) < 4.78 is 13.1. The van der Waals surface area contributed by atoms with Gasteiger partial charge in [-0.1, -0.05) is 0 Å². The molecule has 2 rings (SSSR count). The third kappa shape index (κ3) is 3.26. The molecule has 1 aromatic rings. The van der Waals surface area contributed by atoms with Crippen LogP contribution in [0.4, 0.5) is 14.9 Å². The molecule has 6 heteroatoms. The largest absolute Gasteiger partial charge is 0.399 e. The van der Waals surface area contributed by atoms with E-state index in [1.54, 1.807) is 11.0 Å².